The Kier molecular flexibility index (Phi) is 6.62. The summed E-state index contributed by atoms with van der Waals surface area (Å²) in [5.74, 6) is 0.473. The fourth-order valence-electron chi connectivity index (χ4n) is 3.82. The summed E-state index contributed by atoms with van der Waals surface area (Å²) in [7, 11) is 0. The molecular formula is C25H23ClN4O4. The predicted octanol–water partition coefficient (Wildman–Crippen LogP) is 5.13. The number of pyridine rings is 1. The van der Waals surface area contributed by atoms with Gasteiger partial charge in [-0.15, -0.1) is 0 Å². The number of aromatic nitrogens is 2. The molecule has 0 radical (unpaired) electrons. The van der Waals surface area contributed by atoms with Crippen molar-refractivity contribution < 1.29 is 19.0 Å². The molecule has 0 aliphatic carbocycles. The molecular weight excluding hydrogens is 456 g/mol. The Balaban J connectivity index is 1.30. The Morgan fingerprint density at radius 3 is 2.68 bits per heavy atom. The molecule has 174 valence electrons. The highest BCUT2D eigenvalue weighted by molar-refractivity contribution is 6.31. The van der Waals surface area contributed by atoms with Gasteiger partial charge in [0.1, 0.15) is 12.4 Å². The van der Waals surface area contributed by atoms with Gasteiger partial charge in [-0.25, -0.2) is 4.79 Å². The minimum Gasteiger partial charge on any atom is -0.486 e. The molecule has 2 amide bonds. The van der Waals surface area contributed by atoms with Gasteiger partial charge < -0.3 is 29.4 Å². The lowest BCUT2D eigenvalue weighted by molar-refractivity contribution is -0.0682. The summed E-state index contributed by atoms with van der Waals surface area (Å²) in [4.78, 5) is 16.9. The van der Waals surface area contributed by atoms with E-state index >= 15 is 0 Å². The lowest BCUT2D eigenvalue weighted by atomic mass is 10.2. The SMILES string of the molecule is O=C(Nc1cc(Cl)ccc1OCC1OCCO1)Nc1cccc2c1ccn2Cc1ccncc1. The van der Waals surface area contributed by atoms with Gasteiger partial charge in [0, 0.05) is 35.5 Å². The number of carbonyl (C=O) groups excluding carboxylic acids is 1. The van der Waals surface area contributed by atoms with E-state index < -0.39 is 12.3 Å². The number of benzene rings is 2. The second-order valence-corrected chi connectivity index (χ2v) is 8.18. The predicted molar refractivity (Wildman–Crippen MR) is 131 cm³/mol. The fourth-order valence-corrected chi connectivity index (χ4v) is 3.99. The number of hydrogen-bond donors (Lipinski definition) is 2. The molecule has 8 nitrogen and oxygen atoms in total. The van der Waals surface area contributed by atoms with E-state index in [0.717, 1.165) is 16.5 Å². The van der Waals surface area contributed by atoms with Gasteiger partial charge in [-0.2, -0.15) is 0 Å². The van der Waals surface area contributed by atoms with Gasteiger partial charge in [-0.1, -0.05) is 17.7 Å². The first-order valence-electron chi connectivity index (χ1n) is 10.9. The molecule has 1 aliphatic rings. The molecule has 34 heavy (non-hydrogen) atoms. The molecule has 0 unspecified atom stereocenters. The summed E-state index contributed by atoms with van der Waals surface area (Å²) < 4.78 is 18.7. The van der Waals surface area contributed by atoms with Crippen LogP contribution in [0.2, 0.25) is 5.02 Å². The number of amides is 2. The van der Waals surface area contributed by atoms with Crippen molar-refractivity contribution in [2.45, 2.75) is 12.8 Å². The largest absolute Gasteiger partial charge is 0.486 e. The zero-order valence-electron chi connectivity index (χ0n) is 18.2. The van der Waals surface area contributed by atoms with Gasteiger partial charge in [0.25, 0.3) is 0 Å². The number of fused-ring (bicyclic) bond motifs is 1. The highest BCUT2D eigenvalue weighted by Crippen LogP contribution is 2.30. The van der Waals surface area contributed by atoms with Crippen LogP contribution >= 0.6 is 11.6 Å². The van der Waals surface area contributed by atoms with Crippen LogP contribution < -0.4 is 15.4 Å². The Morgan fingerprint density at radius 2 is 1.85 bits per heavy atom. The van der Waals surface area contributed by atoms with E-state index in [1.807, 2.05) is 42.6 Å². The highest BCUT2D eigenvalue weighted by Gasteiger charge is 2.18. The van der Waals surface area contributed by atoms with E-state index in [4.69, 9.17) is 25.8 Å². The van der Waals surface area contributed by atoms with Crippen molar-refractivity contribution in [1.29, 1.82) is 0 Å². The van der Waals surface area contributed by atoms with E-state index in [2.05, 4.69) is 20.2 Å². The van der Waals surface area contributed by atoms with Gasteiger partial charge in [0.15, 0.2) is 6.29 Å². The molecule has 1 saturated heterocycles. The van der Waals surface area contributed by atoms with Crippen molar-refractivity contribution in [3.05, 3.63) is 83.8 Å². The molecule has 0 spiro atoms. The molecule has 1 aliphatic heterocycles. The molecule has 1 fully saturated rings. The van der Waals surface area contributed by atoms with Crippen LogP contribution in [-0.4, -0.2) is 41.7 Å². The third-order valence-corrected chi connectivity index (χ3v) is 5.65. The van der Waals surface area contributed by atoms with Crippen molar-refractivity contribution in [2.24, 2.45) is 0 Å². The van der Waals surface area contributed by atoms with Crippen LogP contribution in [0.15, 0.2) is 73.2 Å². The topological polar surface area (TPSA) is 86.6 Å². The van der Waals surface area contributed by atoms with Gasteiger partial charge in [0.2, 0.25) is 0 Å². The third kappa shape index (κ3) is 5.14. The summed E-state index contributed by atoms with van der Waals surface area (Å²) in [6.45, 7) is 2.00. The molecule has 9 heteroatoms. The second-order valence-electron chi connectivity index (χ2n) is 7.74. The Bertz CT molecular complexity index is 1290. The van der Waals surface area contributed by atoms with Crippen molar-refractivity contribution in [3.63, 3.8) is 0 Å². The van der Waals surface area contributed by atoms with E-state index in [0.29, 0.717) is 41.9 Å². The number of anilines is 2. The van der Waals surface area contributed by atoms with E-state index in [-0.39, 0.29) is 6.61 Å². The summed E-state index contributed by atoms with van der Waals surface area (Å²) in [5.41, 5.74) is 3.30. The summed E-state index contributed by atoms with van der Waals surface area (Å²) in [5, 5.41) is 7.18. The number of ether oxygens (including phenoxy) is 3. The number of halogens is 1. The number of nitrogens with zero attached hydrogens (tertiary/aromatic N) is 2. The molecule has 3 heterocycles. The van der Waals surface area contributed by atoms with Crippen LogP contribution in [0.4, 0.5) is 16.2 Å². The Labute approximate surface area is 201 Å². The number of urea groups is 1. The lowest BCUT2D eigenvalue weighted by Crippen LogP contribution is -2.22. The number of rotatable bonds is 7. The maximum Gasteiger partial charge on any atom is 0.323 e. The maximum absolute atomic E-state index is 12.9. The van der Waals surface area contributed by atoms with Gasteiger partial charge in [0.05, 0.1) is 30.1 Å². The molecule has 4 aromatic rings. The van der Waals surface area contributed by atoms with Crippen molar-refractivity contribution >= 4 is 39.9 Å². The standard InChI is InChI=1S/C25H23ClN4O4/c26-18-4-5-23(34-16-24-32-12-13-33-24)21(14-18)29-25(31)28-20-2-1-3-22-19(20)8-11-30(22)15-17-6-9-27-10-7-17/h1-11,14,24H,12-13,15-16H2,(H2,28,29,31). The number of nitrogens with one attached hydrogen (secondary N) is 2. The third-order valence-electron chi connectivity index (χ3n) is 5.42. The smallest absolute Gasteiger partial charge is 0.323 e. The maximum atomic E-state index is 12.9. The second kappa shape index (κ2) is 10.1. The zero-order chi connectivity index (χ0) is 23.3. The van der Waals surface area contributed by atoms with Crippen LogP contribution in [0, 0.1) is 0 Å². The van der Waals surface area contributed by atoms with E-state index in [1.165, 1.54) is 0 Å². The normalized spacial score (nSPS) is 13.8. The molecule has 2 N–H and O–H groups in total. The first-order chi connectivity index (χ1) is 16.7. The first kappa shape index (κ1) is 22.2. The molecule has 2 aromatic carbocycles. The number of carbonyl (C=O) groups is 1. The monoisotopic (exact) mass is 478 g/mol. The average molecular weight is 479 g/mol. The van der Waals surface area contributed by atoms with Crippen molar-refractivity contribution in [2.75, 3.05) is 30.5 Å². The van der Waals surface area contributed by atoms with Crippen molar-refractivity contribution in [1.82, 2.24) is 9.55 Å². The van der Waals surface area contributed by atoms with Gasteiger partial charge in [-0.05, 0) is 54.1 Å². The molecule has 0 bridgehead atoms. The van der Waals surface area contributed by atoms with Crippen LogP contribution in [0.5, 0.6) is 5.75 Å². The summed E-state index contributed by atoms with van der Waals surface area (Å²) in [6, 6.07) is 16.4. The number of hydrogen-bond acceptors (Lipinski definition) is 5. The van der Waals surface area contributed by atoms with Crippen LogP contribution in [0.1, 0.15) is 5.56 Å². The van der Waals surface area contributed by atoms with Gasteiger partial charge >= 0.3 is 6.03 Å². The van der Waals surface area contributed by atoms with Crippen molar-refractivity contribution in [3.8, 4) is 5.75 Å². The van der Waals surface area contributed by atoms with E-state index in [9.17, 15) is 4.79 Å². The quantitative estimate of drug-likeness (QED) is 0.384. The van der Waals surface area contributed by atoms with Gasteiger partial charge in [-0.3, -0.25) is 4.98 Å². The van der Waals surface area contributed by atoms with Crippen LogP contribution in [-0.2, 0) is 16.0 Å². The van der Waals surface area contributed by atoms with Crippen LogP contribution in [0.3, 0.4) is 0 Å². The molecule has 2 aromatic heterocycles. The minimum atomic E-state index is -0.425. The average Bonchev–Trinajstić information content (AvgIpc) is 3.50. The lowest BCUT2D eigenvalue weighted by Gasteiger charge is -2.16. The Hall–Kier alpha value is -3.59. The fraction of sp³-hybridized carbons (Fsp3) is 0.200. The summed E-state index contributed by atoms with van der Waals surface area (Å²) >= 11 is 6.15. The summed E-state index contributed by atoms with van der Waals surface area (Å²) in [6.07, 6.45) is 5.13. The van der Waals surface area contributed by atoms with E-state index in [1.54, 1.807) is 30.6 Å². The molecule has 0 atom stereocenters. The van der Waals surface area contributed by atoms with Crippen LogP contribution in [0.25, 0.3) is 10.9 Å². The highest BCUT2D eigenvalue weighted by atomic mass is 35.5. The minimum absolute atomic E-state index is 0.211. The molecule has 0 saturated carbocycles. The Morgan fingerprint density at radius 1 is 1.06 bits per heavy atom. The first-order valence-corrected chi connectivity index (χ1v) is 11.2. The molecule has 5 rings (SSSR count). The zero-order valence-corrected chi connectivity index (χ0v) is 19.0.